The van der Waals surface area contributed by atoms with Crippen LogP contribution in [0.25, 0.3) is 10.8 Å². The molecule has 0 bridgehead atoms. The van der Waals surface area contributed by atoms with E-state index in [-0.39, 0.29) is 17.7 Å². The monoisotopic (exact) mass is 434 g/mol. The van der Waals surface area contributed by atoms with Gasteiger partial charge in [0.15, 0.2) is 11.5 Å². The predicted octanol–water partition coefficient (Wildman–Crippen LogP) is 4.09. The van der Waals surface area contributed by atoms with Crippen LogP contribution in [-0.2, 0) is 17.9 Å². The van der Waals surface area contributed by atoms with Gasteiger partial charge in [-0.3, -0.25) is 9.69 Å². The molecule has 1 fully saturated rings. The van der Waals surface area contributed by atoms with Crippen molar-refractivity contribution in [3.8, 4) is 11.5 Å². The molecule has 0 radical (unpaired) electrons. The van der Waals surface area contributed by atoms with Gasteiger partial charge in [0.1, 0.15) is 0 Å². The van der Waals surface area contributed by atoms with E-state index < -0.39 is 0 Å². The molecule has 3 aromatic carbocycles. The van der Waals surface area contributed by atoms with Crippen LogP contribution in [-0.4, -0.2) is 49.3 Å². The Kier molecular flexibility index (Phi) is 6.93. The summed E-state index contributed by atoms with van der Waals surface area (Å²) < 4.78 is 10.4. The van der Waals surface area contributed by atoms with Crippen molar-refractivity contribution in [2.75, 3.05) is 27.3 Å². The summed E-state index contributed by atoms with van der Waals surface area (Å²) in [6.07, 6.45) is 1.82. The molecule has 1 heterocycles. The zero-order chi connectivity index (χ0) is 22.5. The number of hydrogen-bond acceptors (Lipinski definition) is 5. The number of piperidine rings is 1. The zero-order valence-electron chi connectivity index (χ0n) is 18.6. The van der Waals surface area contributed by atoms with E-state index in [0.29, 0.717) is 17.9 Å². The first-order chi connectivity index (χ1) is 15.6. The van der Waals surface area contributed by atoms with Crippen molar-refractivity contribution in [2.24, 2.45) is 0 Å². The third-order valence-corrected chi connectivity index (χ3v) is 6.05. The van der Waals surface area contributed by atoms with Crippen molar-refractivity contribution in [1.29, 1.82) is 0 Å². The van der Waals surface area contributed by atoms with Crippen molar-refractivity contribution in [2.45, 2.75) is 32.0 Å². The Morgan fingerprint density at radius 3 is 2.44 bits per heavy atom. The van der Waals surface area contributed by atoms with E-state index in [1.54, 1.807) is 19.2 Å². The minimum Gasteiger partial charge on any atom is -0.504 e. The Labute approximate surface area is 188 Å². The van der Waals surface area contributed by atoms with Crippen LogP contribution >= 0.6 is 0 Å². The number of carbonyl (C=O) groups excluding carboxylic acids is 1. The number of rotatable bonds is 7. The largest absolute Gasteiger partial charge is 0.504 e. The summed E-state index contributed by atoms with van der Waals surface area (Å²) in [5.74, 6) is 0.196. The maximum absolute atomic E-state index is 12.6. The number of benzene rings is 3. The van der Waals surface area contributed by atoms with Gasteiger partial charge in [-0.1, -0.05) is 24.3 Å². The van der Waals surface area contributed by atoms with E-state index in [2.05, 4.69) is 46.6 Å². The first-order valence-electron chi connectivity index (χ1n) is 11.0. The normalized spacial score (nSPS) is 15.1. The fourth-order valence-corrected chi connectivity index (χ4v) is 4.28. The molecule has 32 heavy (non-hydrogen) atoms. The minimum absolute atomic E-state index is 0.0287. The molecule has 0 atom stereocenters. The van der Waals surface area contributed by atoms with Gasteiger partial charge in [0.2, 0.25) is 0 Å². The summed E-state index contributed by atoms with van der Waals surface area (Å²) >= 11 is 0. The molecule has 0 spiro atoms. The number of phenolic OH excluding ortho intramolecular Hbond substituents is 1. The Morgan fingerprint density at radius 1 is 1.00 bits per heavy atom. The lowest BCUT2D eigenvalue weighted by Gasteiger charge is -2.32. The number of phenols is 1. The summed E-state index contributed by atoms with van der Waals surface area (Å²) in [7, 11) is 3.19. The number of aromatic hydroxyl groups is 1. The van der Waals surface area contributed by atoms with E-state index >= 15 is 0 Å². The standard InChI is InChI=1S/C26H30N2O4/c1-31-17-19-4-6-20-5-3-18(13-22(20)14-19)16-28-11-9-23(10-12-28)27-26(30)21-7-8-24(29)25(15-21)32-2/h3-8,13-15,23,29H,9-12,16-17H2,1-2H3,(H,27,30). The van der Waals surface area contributed by atoms with Crippen LogP contribution in [0.1, 0.15) is 34.3 Å². The highest BCUT2D eigenvalue weighted by Crippen LogP contribution is 2.26. The van der Waals surface area contributed by atoms with Gasteiger partial charge in [0.05, 0.1) is 13.7 Å². The molecule has 168 valence electrons. The van der Waals surface area contributed by atoms with Gasteiger partial charge in [-0.25, -0.2) is 0 Å². The SMILES string of the molecule is COCc1ccc2ccc(CN3CCC(NC(=O)c4ccc(O)c(OC)c4)CC3)cc2c1. The molecule has 2 N–H and O–H groups in total. The zero-order valence-corrected chi connectivity index (χ0v) is 18.6. The van der Waals surface area contributed by atoms with E-state index in [0.717, 1.165) is 32.5 Å². The van der Waals surface area contributed by atoms with Crippen molar-refractivity contribution in [3.05, 3.63) is 71.3 Å². The second-order valence-corrected chi connectivity index (χ2v) is 8.36. The van der Waals surface area contributed by atoms with E-state index in [9.17, 15) is 9.90 Å². The van der Waals surface area contributed by atoms with Crippen LogP contribution in [0.15, 0.2) is 54.6 Å². The Balaban J connectivity index is 1.32. The highest BCUT2D eigenvalue weighted by Gasteiger charge is 2.22. The molecule has 1 amide bonds. The van der Waals surface area contributed by atoms with Gasteiger partial charge in [-0.2, -0.15) is 0 Å². The van der Waals surface area contributed by atoms with Gasteiger partial charge in [0.25, 0.3) is 5.91 Å². The van der Waals surface area contributed by atoms with Gasteiger partial charge in [0, 0.05) is 38.3 Å². The Morgan fingerprint density at radius 2 is 1.72 bits per heavy atom. The fraction of sp³-hybridized carbons (Fsp3) is 0.346. The number of methoxy groups -OCH3 is 2. The lowest BCUT2D eigenvalue weighted by Crippen LogP contribution is -2.44. The minimum atomic E-state index is -0.136. The summed E-state index contributed by atoms with van der Waals surface area (Å²) in [6.45, 7) is 3.40. The topological polar surface area (TPSA) is 71.0 Å². The average Bonchev–Trinajstić information content (AvgIpc) is 2.80. The van der Waals surface area contributed by atoms with Gasteiger partial charge in [-0.15, -0.1) is 0 Å². The number of ether oxygens (including phenoxy) is 2. The van der Waals surface area contributed by atoms with Gasteiger partial charge < -0.3 is 19.9 Å². The number of nitrogens with zero attached hydrogens (tertiary/aromatic N) is 1. The van der Waals surface area contributed by atoms with Crippen molar-refractivity contribution >= 4 is 16.7 Å². The molecule has 1 aliphatic rings. The predicted molar refractivity (Wildman–Crippen MR) is 125 cm³/mol. The molecule has 3 aromatic rings. The smallest absolute Gasteiger partial charge is 0.251 e. The molecule has 1 saturated heterocycles. The highest BCUT2D eigenvalue weighted by molar-refractivity contribution is 5.95. The third kappa shape index (κ3) is 5.21. The second-order valence-electron chi connectivity index (χ2n) is 8.36. The first kappa shape index (κ1) is 22.1. The molecule has 0 unspecified atom stereocenters. The molecule has 0 saturated carbocycles. The van der Waals surface area contributed by atoms with Crippen molar-refractivity contribution in [3.63, 3.8) is 0 Å². The van der Waals surface area contributed by atoms with Crippen LogP contribution in [0, 0.1) is 0 Å². The van der Waals surface area contributed by atoms with Crippen LogP contribution in [0.5, 0.6) is 11.5 Å². The molecular weight excluding hydrogens is 404 g/mol. The van der Waals surface area contributed by atoms with Crippen LogP contribution in [0.2, 0.25) is 0 Å². The molecular formula is C26H30N2O4. The van der Waals surface area contributed by atoms with Crippen molar-refractivity contribution in [1.82, 2.24) is 10.2 Å². The fourth-order valence-electron chi connectivity index (χ4n) is 4.28. The number of likely N-dealkylation sites (tertiary alicyclic amines) is 1. The third-order valence-electron chi connectivity index (χ3n) is 6.05. The number of amides is 1. The van der Waals surface area contributed by atoms with Gasteiger partial charge in [-0.05, 0) is 65.1 Å². The van der Waals surface area contributed by atoms with Crippen LogP contribution < -0.4 is 10.1 Å². The second kappa shape index (κ2) is 10.0. The summed E-state index contributed by atoms with van der Waals surface area (Å²) in [5, 5.41) is 15.3. The van der Waals surface area contributed by atoms with E-state index in [1.807, 2.05) is 0 Å². The van der Waals surface area contributed by atoms with Crippen LogP contribution in [0.3, 0.4) is 0 Å². The van der Waals surface area contributed by atoms with Gasteiger partial charge >= 0.3 is 0 Å². The van der Waals surface area contributed by atoms with E-state index in [1.165, 1.54) is 35.1 Å². The van der Waals surface area contributed by atoms with Crippen LogP contribution in [0.4, 0.5) is 0 Å². The number of fused-ring (bicyclic) bond motifs is 1. The van der Waals surface area contributed by atoms with E-state index in [4.69, 9.17) is 9.47 Å². The molecule has 4 rings (SSSR count). The molecule has 0 aromatic heterocycles. The quantitative estimate of drug-likeness (QED) is 0.586. The summed E-state index contributed by atoms with van der Waals surface area (Å²) in [4.78, 5) is 15.0. The van der Waals surface area contributed by atoms with Crippen molar-refractivity contribution < 1.29 is 19.4 Å². The number of carbonyl (C=O) groups is 1. The maximum Gasteiger partial charge on any atom is 0.251 e. The Bertz CT molecular complexity index is 1090. The molecule has 1 aliphatic heterocycles. The average molecular weight is 435 g/mol. The Hall–Kier alpha value is -3.09. The summed E-state index contributed by atoms with van der Waals surface area (Å²) in [6, 6.07) is 17.9. The lowest BCUT2D eigenvalue weighted by molar-refractivity contribution is 0.0908. The molecule has 6 nitrogen and oxygen atoms in total. The maximum atomic E-state index is 12.6. The number of hydrogen-bond donors (Lipinski definition) is 2. The highest BCUT2D eigenvalue weighted by atomic mass is 16.5. The molecule has 6 heteroatoms. The first-order valence-corrected chi connectivity index (χ1v) is 11.0. The summed E-state index contributed by atoms with van der Waals surface area (Å²) in [5.41, 5.74) is 2.97. The number of nitrogens with one attached hydrogen (secondary N) is 1. The lowest BCUT2D eigenvalue weighted by atomic mass is 10.0. The molecule has 0 aliphatic carbocycles.